The maximum atomic E-state index is 11.0. The molecule has 0 atom stereocenters. The van der Waals surface area contributed by atoms with E-state index >= 15 is 0 Å². The molecule has 0 aliphatic rings. The van der Waals surface area contributed by atoms with Crippen LogP contribution in [0.1, 0.15) is 15.9 Å². The second-order valence-corrected chi connectivity index (χ2v) is 4.04. The average Bonchev–Trinajstić information content (AvgIpc) is 2.46. The minimum Gasteiger partial charge on any atom is -0.478 e. The fourth-order valence-electron chi connectivity index (χ4n) is 1.85. The summed E-state index contributed by atoms with van der Waals surface area (Å²) in [6, 6.07) is 15.9. The lowest BCUT2D eigenvalue weighted by molar-refractivity contribution is 0.0697. The number of nitriles is 1. The maximum Gasteiger partial charge on any atom is 0.335 e. The molecule has 0 amide bonds. The van der Waals surface area contributed by atoms with Crippen molar-refractivity contribution >= 4 is 17.3 Å². The van der Waals surface area contributed by atoms with E-state index in [-0.39, 0.29) is 5.56 Å². The highest BCUT2D eigenvalue weighted by Crippen LogP contribution is 2.27. The minimum atomic E-state index is -0.969. The largest absolute Gasteiger partial charge is 0.478 e. The molecule has 0 saturated carbocycles. The topological polar surface area (TPSA) is 64.3 Å². The molecule has 2 rings (SSSR count). The first kappa shape index (κ1) is 12.7. The minimum absolute atomic E-state index is 0.221. The predicted octanol–water partition coefficient (Wildman–Crippen LogP) is 3.02. The zero-order valence-corrected chi connectivity index (χ0v) is 10.4. The van der Waals surface area contributed by atoms with E-state index in [4.69, 9.17) is 10.4 Å². The van der Waals surface area contributed by atoms with Crippen molar-refractivity contribution in [1.29, 1.82) is 5.26 Å². The van der Waals surface area contributed by atoms with E-state index in [1.54, 1.807) is 42.3 Å². The molecule has 0 unspecified atom stereocenters. The Labute approximate surface area is 111 Å². The van der Waals surface area contributed by atoms with Crippen molar-refractivity contribution in [3.8, 4) is 6.07 Å². The number of hydrogen-bond donors (Lipinski definition) is 1. The lowest BCUT2D eigenvalue weighted by Gasteiger charge is -2.20. The SMILES string of the molecule is CN(c1cccc(C(=O)O)c1)c1ccccc1C#N. The van der Waals surface area contributed by atoms with Crippen LogP contribution >= 0.6 is 0 Å². The number of carboxylic acids is 1. The van der Waals surface area contributed by atoms with Gasteiger partial charge in [-0.3, -0.25) is 0 Å². The number of carbonyl (C=O) groups is 1. The quantitative estimate of drug-likeness (QED) is 0.911. The van der Waals surface area contributed by atoms with Gasteiger partial charge >= 0.3 is 5.97 Å². The summed E-state index contributed by atoms with van der Waals surface area (Å²) in [5.41, 5.74) is 2.24. The van der Waals surface area contributed by atoms with Gasteiger partial charge in [-0.25, -0.2) is 4.79 Å². The summed E-state index contributed by atoms with van der Waals surface area (Å²) in [7, 11) is 1.80. The Bertz CT molecular complexity index is 659. The first-order valence-electron chi connectivity index (χ1n) is 5.69. The van der Waals surface area contributed by atoms with Crippen LogP contribution < -0.4 is 4.90 Å². The highest BCUT2D eigenvalue weighted by Gasteiger charge is 2.10. The van der Waals surface area contributed by atoms with Gasteiger partial charge in [-0.2, -0.15) is 5.26 Å². The van der Waals surface area contributed by atoms with Gasteiger partial charge in [-0.15, -0.1) is 0 Å². The summed E-state index contributed by atoms with van der Waals surface area (Å²) < 4.78 is 0. The van der Waals surface area contributed by atoms with E-state index in [9.17, 15) is 4.79 Å². The highest BCUT2D eigenvalue weighted by atomic mass is 16.4. The molecule has 2 aromatic rings. The van der Waals surface area contributed by atoms with Crippen molar-refractivity contribution < 1.29 is 9.90 Å². The Morgan fingerprint density at radius 1 is 1.21 bits per heavy atom. The summed E-state index contributed by atoms with van der Waals surface area (Å²) in [6.45, 7) is 0. The number of hydrogen-bond acceptors (Lipinski definition) is 3. The molecule has 0 fully saturated rings. The normalized spacial score (nSPS) is 9.68. The van der Waals surface area contributed by atoms with Crippen LogP contribution in [0.25, 0.3) is 0 Å². The van der Waals surface area contributed by atoms with Gasteiger partial charge in [-0.1, -0.05) is 18.2 Å². The molecule has 1 N–H and O–H groups in total. The molecule has 0 aliphatic carbocycles. The van der Waals surface area contributed by atoms with Crippen LogP contribution in [0.4, 0.5) is 11.4 Å². The number of rotatable bonds is 3. The average molecular weight is 252 g/mol. The second kappa shape index (κ2) is 5.23. The molecule has 4 nitrogen and oxygen atoms in total. The third-order valence-electron chi connectivity index (χ3n) is 2.87. The summed E-state index contributed by atoms with van der Waals surface area (Å²) in [5.74, 6) is -0.969. The Kier molecular flexibility index (Phi) is 3.48. The van der Waals surface area contributed by atoms with Gasteiger partial charge in [-0.05, 0) is 30.3 Å². The molecule has 19 heavy (non-hydrogen) atoms. The zero-order valence-electron chi connectivity index (χ0n) is 10.4. The molecule has 94 valence electrons. The van der Waals surface area contributed by atoms with Crippen molar-refractivity contribution in [3.05, 3.63) is 59.7 Å². The van der Waals surface area contributed by atoms with Gasteiger partial charge in [0.15, 0.2) is 0 Å². The van der Waals surface area contributed by atoms with E-state index < -0.39 is 5.97 Å². The molecule has 0 aliphatic heterocycles. The van der Waals surface area contributed by atoms with Crippen molar-refractivity contribution in [2.24, 2.45) is 0 Å². The number of carboxylic acid groups (broad SMARTS) is 1. The first-order chi connectivity index (χ1) is 9.13. The second-order valence-electron chi connectivity index (χ2n) is 4.04. The molecular formula is C15H12N2O2. The molecule has 0 aromatic heterocycles. The van der Waals surface area contributed by atoms with Crippen molar-refractivity contribution in [1.82, 2.24) is 0 Å². The first-order valence-corrected chi connectivity index (χ1v) is 5.69. The van der Waals surface area contributed by atoms with Crippen molar-refractivity contribution in [2.45, 2.75) is 0 Å². The molecule has 0 radical (unpaired) electrons. The standard InChI is InChI=1S/C15H12N2O2/c1-17(14-8-3-2-5-12(14)10-16)13-7-4-6-11(9-13)15(18)19/h2-9H,1H3,(H,18,19). The van der Waals surface area contributed by atoms with Crippen LogP contribution in [0, 0.1) is 11.3 Å². The lowest BCUT2D eigenvalue weighted by Crippen LogP contribution is -2.11. The van der Waals surface area contributed by atoms with Crippen molar-refractivity contribution in [2.75, 3.05) is 11.9 Å². The van der Waals surface area contributed by atoms with E-state index in [2.05, 4.69) is 6.07 Å². The Balaban J connectivity index is 2.44. The third kappa shape index (κ3) is 2.55. The molecule has 0 heterocycles. The van der Waals surface area contributed by atoms with Crippen LogP contribution in [0.2, 0.25) is 0 Å². The number of anilines is 2. The Morgan fingerprint density at radius 3 is 2.63 bits per heavy atom. The zero-order chi connectivity index (χ0) is 13.8. The lowest BCUT2D eigenvalue weighted by atomic mass is 10.1. The summed E-state index contributed by atoms with van der Waals surface area (Å²) in [5, 5.41) is 18.1. The van der Waals surface area contributed by atoms with E-state index in [0.717, 1.165) is 11.4 Å². The number of nitrogens with zero attached hydrogens (tertiary/aromatic N) is 2. The Morgan fingerprint density at radius 2 is 1.95 bits per heavy atom. The van der Waals surface area contributed by atoms with E-state index in [1.165, 1.54) is 6.07 Å². The third-order valence-corrected chi connectivity index (χ3v) is 2.87. The fraction of sp³-hybridized carbons (Fsp3) is 0.0667. The monoisotopic (exact) mass is 252 g/mol. The summed E-state index contributed by atoms with van der Waals surface area (Å²) in [4.78, 5) is 12.8. The van der Waals surface area contributed by atoms with E-state index in [1.807, 2.05) is 12.1 Å². The van der Waals surface area contributed by atoms with Gasteiger partial charge in [0.05, 0.1) is 16.8 Å². The smallest absolute Gasteiger partial charge is 0.335 e. The number of aromatic carboxylic acids is 1. The van der Waals surface area contributed by atoms with Crippen LogP contribution in [0.3, 0.4) is 0 Å². The van der Waals surface area contributed by atoms with Crippen LogP contribution in [0.5, 0.6) is 0 Å². The Hall–Kier alpha value is -2.80. The van der Waals surface area contributed by atoms with Crippen LogP contribution in [-0.4, -0.2) is 18.1 Å². The summed E-state index contributed by atoms with van der Waals surface area (Å²) >= 11 is 0. The molecule has 0 saturated heterocycles. The van der Waals surface area contributed by atoms with Crippen LogP contribution in [0.15, 0.2) is 48.5 Å². The molecule has 2 aromatic carbocycles. The van der Waals surface area contributed by atoms with E-state index in [0.29, 0.717) is 5.56 Å². The van der Waals surface area contributed by atoms with Crippen molar-refractivity contribution in [3.63, 3.8) is 0 Å². The van der Waals surface area contributed by atoms with Gasteiger partial charge < -0.3 is 10.0 Å². The molecule has 4 heteroatoms. The van der Waals surface area contributed by atoms with Crippen LogP contribution in [-0.2, 0) is 0 Å². The maximum absolute atomic E-state index is 11.0. The van der Waals surface area contributed by atoms with Gasteiger partial charge in [0, 0.05) is 12.7 Å². The predicted molar refractivity (Wildman–Crippen MR) is 72.6 cm³/mol. The molecule has 0 spiro atoms. The van der Waals surface area contributed by atoms with Gasteiger partial charge in [0.2, 0.25) is 0 Å². The molecule has 0 bridgehead atoms. The highest BCUT2D eigenvalue weighted by molar-refractivity contribution is 5.89. The molecular weight excluding hydrogens is 240 g/mol. The van der Waals surface area contributed by atoms with Gasteiger partial charge in [0.1, 0.15) is 6.07 Å². The number of benzene rings is 2. The fourth-order valence-corrected chi connectivity index (χ4v) is 1.85. The number of para-hydroxylation sites is 1. The summed E-state index contributed by atoms with van der Waals surface area (Å²) in [6.07, 6.45) is 0. The van der Waals surface area contributed by atoms with Gasteiger partial charge in [0.25, 0.3) is 0 Å².